The number of hydrogen-bond donors (Lipinski definition) is 2. The van der Waals surface area contributed by atoms with Crippen LogP contribution in [0.15, 0.2) is 71.6 Å². The van der Waals surface area contributed by atoms with Gasteiger partial charge in [-0.1, -0.05) is 18.2 Å². The number of anilines is 1. The second-order valence-electron chi connectivity index (χ2n) is 6.60. The van der Waals surface area contributed by atoms with Gasteiger partial charge in [0.25, 0.3) is 10.0 Å². The lowest BCUT2D eigenvalue weighted by molar-refractivity contribution is -0.137. The minimum atomic E-state index is -3.87. The number of aromatic nitrogens is 1. The molecular weight excluding hydrogens is 395 g/mol. The van der Waals surface area contributed by atoms with Gasteiger partial charge in [-0.15, -0.1) is 0 Å². The Morgan fingerprint density at radius 3 is 2.38 bits per heavy atom. The van der Waals surface area contributed by atoms with E-state index in [-0.39, 0.29) is 11.3 Å². The lowest BCUT2D eigenvalue weighted by Crippen LogP contribution is -2.12. The molecule has 4 aromatic rings. The molecule has 29 heavy (non-hydrogen) atoms. The summed E-state index contributed by atoms with van der Waals surface area (Å²) in [6.45, 7) is 0.306. The van der Waals surface area contributed by atoms with Gasteiger partial charge in [-0.3, -0.25) is 9.52 Å². The fourth-order valence-corrected chi connectivity index (χ4v) is 4.44. The first-order valence-electron chi connectivity index (χ1n) is 8.86. The number of aryl methyl sites for hydroxylation is 1. The van der Waals surface area contributed by atoms with E-state index < -0.39 is 21.8 Å². The Kier molecular flexibility index (Phi) is 4.71. The summed E-state index contributed by atoms with van der Waals surface area (Å²) >= 11 is 0. The number of hydrogen-bond acceptors (Lipinski definition) is 3. The van der Waals surface area contributed by atoms with Crippen molar-refractivity contribution in [1.29, 1.82) is 0 Å². The number of nitrogens with one attached hydrogen (secondary N) is 1. The second-order valence-corrected chi connectivity index (χ2v) is 8.29. The number of carboxylic acid groups (broad SMARTS) is 1. The van der Waals surface area contributed by atoms with Gasteiger partial charge in [0, 0.05) is 34.0 Å². The molecule has 0 aliphatic rings. The summed E-state index contributed by atoms with van der Waals surface area (Å²) in [4.78, 5) is 11.0. The number of carbonyl (C=O) groups is 1. The third-order valence-corrected chi connectivity index (χ3v) is 6.09. The van der Waals surface area contributed by atoms with E-state index in [1.807, 2.05) is 28.8 Å². The molecule has 2 N–H and O–H groups in total. The van der Waals surface area contributed by atoms with E-state index in [4.69, 9.17) is 5.11 Å². The normalized spacial score (nSPS) is 11.8. The highest BCUT2D eigenvalue weighted by Gasteiger charge is 2.16. The maximum atomic E-state index is 13.1. The van der Waals surface area contributed by atoms with Crippen LogP contribution in [-0.2, 0) is 21.4 Å². The Balaban J connectivity index is 1.77. The van der Waals surface area contributed by atoms with Crippen LogP contribution in [0.25, 0.3) is 21.8 Å². The highest BCUT2D eigenvalue weighted by Crippen LogP contribution is 2.32. The average molecular weight is 412 g/mol. The maximum absolute atomic E-state index is 13.1. The second kappa shape index (κ2) is 7.21. The fourth-order valence-electron chi connectivity index (χ4n) is 3.39. The van der Waals surface area contributed by atoms with Crippen molar-refractivity contribution >= 4 is 43.5 Å². The number of fused-ring (bicyclic) bond motifs is 3. The molecule has 0 saturated heterocycles. The Morgan fingerprint density at radius 2 is 1.66 bits per heavy atom. The maximum Gasteiger partial charge on any atom is 0.305 e. The summed E-state index contributed by atoms with van der Waals surface area (Å²) in [5.74, 6) is -1.40. The molecule has 0 atom stereocenters. The van der Waals surface area contributed by atoms with E-state index in [0.29, 0.717) is 12.2 Å². The van der Waals surface area contributed by atoms with Crippen molar-refractivity contribution in [3.8, 4) is 0 Å². The lowest BCUT2D eigenvalue weighted by Gasteiger charge is -2.09. The van der Waals surface area contributed by atoms with Crippen LogP contribution in [0.2, 0.25) is 0 Å². The van der Waals surface area contributed by atoms with E-state index in [0.717, 1.165) is 33.9 Å². The molecule has 1 aromatic heterocycles. The van der Waals surface area contributed by atoms with E-state index >= 15 is 0 Å². The molecule has 0 aliphatic carbocycles. The van der Waals surface area contributed by atoms with Crippen LogP contribution < -0.4 is 4.72 Å². The Morgan fingerprint density at radius 1 is 0.966 bits per heavy atom. The van der Waals surface area contributed by atoms with Gasteiger partial charge in [0.1, 0.15) is 5.82 Å². The van der Waals surface area contributed by atoms with E-state index in [2.05, 4.69) is 4.72 Å². The van der Waals surface area contributed by atoms with Crippen LogP contribution in [-0.4, -0.2) is 24.1 Å². The molecule has 8 heteroatoms. The number of halogens is 1. The summed E-state index contributed by atoms with van der Waals surface area (Å²) in [7, 11) is -3.87. The number of carboxylic acids is 1. The third-order valence-electron chi connectivity index (χ3n) is 4.70. The van der Waals surface area contributed by atoms with E-state index in [1.54, 1.807) is 18.2 Å². The lowest BCUT2D eigenvalue weighted by atomic mass is 10.1. The van der Waals surface area contributed by atoms with Crippen molar-refractivity contribution in [2.45, 2.75) is 17.9 Å². The summed E-state index contributed by atoms with van der Waals surface area (Å²) in [5.41, 5.74) is 2.06. The highest BCUT2D eigenvalue weighted by atomic mass is 32.2. The van der Waals surface area contributed by atoms with Crippen molar-refractivity contribution < 1.29 is 22.7 Å². The molecule has 0 radical (unpaired) electrons. The zero-order valence-corrected chi connectivity index (χ0v) is 16.0. The summed E-state index contributed by atoms with van der Waals surface area (Å²) < 4.78 is 42.7. The van der Waals surface area contributed by atoms with Gasteiger partial charge in [0.2, 0.25) is 0 Å². The molecule has 4 rings (SSSR count). The largest absolute Gasteiger partial charge is 0.481 e. The average Bonchev–Trinajstić information content (AvgIpc) is 2.99. The first-order valence-corrected chi connectivity index (χ1v) is 10.3. The quantitative estimate of drug-likeness (QED) is 0.497. The predicted molar refractivity (Wildman–Crippen MR) is 109 cm³/mol. The molecule has 0 saturated carbocycles. The van der Waals surface area contributed by atoms with E-state index in [9.17, 15) is 17.6 Å². The molecule has 3 aromatic carbocycles. The van der Waals surface area contributed by atoms with Crippen molar-refractivity contribution in [2.75, 3.05) is 4.72 Å². The zero-order chi connectivity index (χ0) is 20.6. The summed E-state index contributed by atoms with van der Waals surface area (Å²) in [5, 5.41) is 10.7. The topological polar surface area (TPSA) is 88.4 Å². The van der Waals surface area contributed by atoms with E-state index in [1.165, 1.54) is 12.1 Å². The van der Waals surface area contributed by atoms with Crippen LogP contribution in [0, 0.1) is 5.82 Å². The van der Waals surface area contributed by atoms with Gasteiger partial charge in [-0.2, -0.15) is 0 Å². The first-order chi connectivity index (χ1) is 13.8. The van der Waals surface area contributed by atoms with Crippen LogP contribution in [0.5, 0.6) is 0 Å². The van der Waals surface area contributed by atoms with Crippen LogP contribution >= 0.6 is 0 Å². The fraction of sp³-hybridized carbons (Fsp3) is 0.0952. The van der Waals surface area contributed by atoms with Gasteiger partial charge in [0.15, 0.2) is 0 Å². The van der Waals surface area contributed by atoms with Crippen molar-refractivity contribution in [3.05, 3.63) is 72.5 Å². The molecule has 148 valence electrons. The Labute approximate surface area is 166 Å². The number of nitrogens with zero attached hydrogens (tertiary/aromatic N) is 1. The van der Waals surface area contributed by atoms with Crippen molar-refractivity contribution in [3.63, 3.8) is 0 Å². The van der Waals surface area contributed by atoms with Gasteiger partial charge >= 0.3 is 5.97 Å². The molecule has 6 nitrogen and oxygen atoms in total. The van der Waals surface area contributed by atoms with Gasteiger partial charge in [-0.05, 0) is 48.5 Å². The summed E-state index contributed by atoms with van der Waals surface area (Å²) in [6.07, 6.45) is -0.0211. The van der Waals surface area contributed by atoms with Crippen LogP contribution in [0.1, 0.15) is 6.42 Å². The molecule has 0 unspecified atom stereocenters. The van der Waals surface area contributed by atoms with Crippen LogP contribution in [0.3, 0.4) is 0 Å². The minimum absolute atomic E-state index is 0.0211. The molecule has 0 spiro atoms. The van der Waals surface area contributed by atoms with Gasteiger partial charge < -0.3 is 9.67 Å². The monoisotopic (exact) mass is 412 g/mol. The number of rotatable bonds is 6. The first kappa shape index (κ1) is 18.9. The summed E-state index contributed by atoms with van der Waals surface area (Å²) in [6, 6.07) is 17.3. The van der Waals surface area contributed by atoms with Crippen molar-refractivity contribution in [2.24, 2.45) is 0 Å². The third kappa shape index (κ3) is 3.66. The molecule has 1 heterocycles. The smallest absolute Gasteiger partial charge is 0.305 e. The molecule has 0 bridgehead atoms. The standard InChI is InChI=1S/C21H17FN2O4S/c22-14-5-8-16(9-6-14)29(27,28)23-15-7-10-20-18(13-15)17-3-1-2-4-19(17)24(20)12-11-21(25)26/h1-10,13,23H,11-12H2,(H,25,26). The van der Waals surface area contributed by atoms with Gasteiger partial charge in [-0.25, -0.2) is 12.8 Å². The molecule has 0 aliphatic heterocycles. The highest BCUT2D eigenvalue weighted by molar-refractivity contribution is 7.92. The SMILES string of the molecule is O=C(O)CCn1c2ccccc2c2cc(NS(=O)(=O)c3ccc(F)cc3)ccc21. The van der Waals surface area contributed by atoms with Gasteiger partial charge in [0.05, 0.1) is 11.3 Å². The molecular formula is C21H17FN2O4S. The number of para-hydroxylation sites is 1. The number of benzene rings is 3. The Bertz CT molecular complexity index is 1330. The Hall–Kier alpha value is -3.39. The zero-order valence-electron chi connectivity index (χ0n) is 15.2. The predicted octanol–water partition coefficient (Wildman–Crippen LogP) is 4.21. The van der Waals surface area contributed by atoms with Crippen molar-refractivity contribution in [1.82, 2.24) is 4.57 Å². The molecule has 0 fully saturated rings. The van der Waals surface area contributed by atoms with Crippen LogP contribution in [0.4, 0.5) is 10.1 Å². The number of sulfonamides is 1. The molecule has 0 amide bonds. The minimum Gasteiger partial charge on any atom is -0.481 e. The number of aliphatic carboxylic acids is 1.